The standard InChI is InChI=1S/C45H74O14/c1-3-5-6-7-8-9-10-11-12-13-14-15-16-17-18-19-20-21-22-23-24-25-26-27-29-54-31-34(57-37(47)28-4-2)32-55-44-43(53)41(51)39(49)36(59-44)33-56-45-42(52)40(50)38(48)35(30-46)58-45/h5-6,8-9,11-12,14-15,17-18,20-21,34-36,38-46,48-53H,3-4,7,10,13,16,19,22-33H2,1-2H3/b6-5-,9-8-,12-11-,15-14-,18-17-,21-20-. The van der Waals surface area contributed by atoms with Gasteiger partial charge in [-0.15, -0.1) is 0 Å². The molecule has 14 heteroatoms. The summed E-state index contributed by atoms with van der Waals surface area (Å²) in [6.45, 7) is 3.09. The Bertz CT molecular complexity index is 1250. The molecule has 2 saturated heterocycles. The van der Waals surface area contributed by atoms with E-state index in [1.54, 1.807) is 0 Å². The topological polar surface area (TPSA) is 214 Å². The third kappa shape index (κ3) is 22.2. The van der Waals surface area contributed by atoms with Gasteiger partial charge < -0.3 is 64.2 Å². The van der Waals surface area contributed by atoms with Crippen molar-refractivity contribution in [2.45, 2.75) is 171 Å². The lowest BCUT2D eigenvalue weighted by Gasteiger charge is -2.42. The van der Waals surface area contributed by atoms with Crippen molar-refractivity contribution in [3.05, 3.63) is 72.9 Å². The predicted octanol–water partition coefficient (Wildman–Crippen LogP) is 4.39. The number of aliphatic hydroxyl groups is 7. The van der Waals surface area contributed by atoms with Gasteiger partial charge in [0.05, 0.1) is 26.4 Å². The number of ether oxygens (including phenoxy) is 6. The molecule has 0 radical (unpaired) electrons. The molecular weight excluding hydrogens is 764 g/mol. The van der Waals surface area contributed by atoms with Gasteiger partial charge in [0, 0.05) is 13.0 Å². The fourth-order valence-electron chi connectivity index (χ4n) is 6.21. The van der Waals surface area contributed by atoms with Crippen molar-refractivity contribution in [3.8, 4) is 0 Å². The molecule has 0 aromatic carbocycles. The Hall–Kier alpha value is -2.57. The second-order valence-corrected chi connectivity index (χ2v) is 14.8. The number of carbonyl (C=O) groups is 1. The Morgan fingerprint density at radius 2 is 1.07 bits per heavy atom. The fourth-order valence-corrected chi connectivity index (χ4v) is 6.21. The number of aliphatic hydroxyl groups excluding tert-OH is 7. The van der Waals surface area contributed by atoms with Crippen molar-refractivity contribution in [1.29, 1.82) is 0 Å². The second kappa shape index (κ2) is 33.1. The zero-order valence-electron chi connectivity index (χ0n) is 35.2. The molecule has 2 fully saturated rings. The molecule has 0 spiro atoms. The summed E-state index contributed by atoms with van der Waals surface area (Å²) >= 11 is 0. The molecule has 338 valence electrons. The molecule has 0 saturated carbocycles. The lowest BCUT2D eigenvalue weighted by Crippen LogP contribution is -2.61. The van der Waals surface area contributed by atoms with Crippen LogP contribution in [0.4, 0.5) is 0 Å². The molecule has 11 unspecified atom stereocenters. The van der Waals surface area contributed by atoms with E-state index in [2.05, 4.69) is 79.8 Å². The summed E-state index contributed by atoms with van der Waals surface area (Å²) in [6, 6.07) is 0. The number of esters is 1. The van der Waals surface area contributed by atoms with Gasteiger partial charge in [-0.1, -0.05) is 106 Å². The Balaban J connectivity index is 1.62. The maximum Gasteiger partial charge on any atom is 0.306 e. The van der Waals surface area contributed by atoms with Crippen molar-refractivity contribution >= 4 is 5.97 Å². The van der Waals surface area contributed by atoms with Gasteiger partial charge in [0.1, 0.15) is 54.9 Å². The van der Waals surface area contributed by atoms with E-state index in [1.165, 1.54) is 0 Å². The van der Waals surface area contributed by atoms with Crippen LogP contribution >= 0.6 is 0 Å². The van der Waals surface area contributed by atoms with Gasteiger partial charge in [-0.05, 0) is 64.2 Å². The van der Waals surface area contributed by atoms with Crippen LogP contribution in [0.25, 0.3) is 0 Å². The van der Waals surface area contributed by atoms with E-state index >= 15 is 0 Å². The molecule has 11 atom stereocenters. The molecule has 0 amide bonds. The molecule has 0 bridgehead atoms. The SMILES string of the molecule is CC/C=C\C/C=C\C/C=C\C/C=C\C/C=C\C/C=C\CCCCCCCOCC(COC1OC(COC2OC(CO)C(O)C(O)C2O)C(O)C(O)C1O)OC(=O)CCC. The first-order valence-corrected chi connectivity index (χ1v) is 21.5. The quantitative estimate of drug-likeness (QED) is 0.0293. The number of hydrogen-bond donors (Lipinski definition) is 7. The Morgan fingerprint density at radius 3 is 1.63 bits per heavy atom. The zero-order valence-corrected chi connectivity index (χ0v) is 35.2. The maximum absolute atomic E-state index is 12.3. The summed E-state index contributed by atoms with van der Waals surface area (Å²) in [5.74, 6) is -0.442. The van der Waals surface area contributed by atoms with Crippen molar-refractivity contribution in [1.82, 2.24) is 0 Å². The van der Waals surface area contributed by atoms with E-state index in [9.17, 15) is 40.5 Å². The molecule has 2 aliphatic heterocycles. The molecule has 2 aliphatic rings. The Kier molecular flexibility index (Phi) is 29.5. The van der Waals surface area contributed by atoms with Gasteiger partial charge in [-0.25, -0.2) is 0 Å². The molecule has 2 rings (SSSR count). The highest BCUT2D eigenvalue weighted by Crippen LogP contribution is 2.26. The first-order chi connectivity index (χ1) is 28.6. The highest BCUT2D eigenvalue weighted by atomic mass is 16.7. The number of carbonyl (C=O) groups excluding carboxylic acids is 1. The van der Waals surface area contributed by atoms with Crippen molar-refractivity contribution in [3.63, 3.8) is 0 Å². The number of allylic oxidation sites excluding steroid dienone is 12. The first kappa shape index (κ1) is 52.6. The van der Waals surface area contributed by atoms with Gasteiger partial charge in [0.2, 0.25) is 0 Å². The molecule has 7 N–H and O–H groups in total. The van der Waals surface area contributed by atoms with Gasteiger partial charge in [-0.3, -0.25) is 4.79 Å². The number of hydrogen-bond acceptors (Lipinski definition) is 14. The summed E-state index contributed by atoms with van der Waals surface area (Å²) in [4.78, 5) is 12.3. The normalized spacial score (nSPS) is 28.7. The van der Waals surface area contributed by atoms with Gasteiger partial charge in [-0.2, -0.15) is 0 Å². The molecule has 59 heavy (non-hydrogen) atoms. The molecule has 2 heterocycles. The van der Waals surface area contributed by atoms with E-state index < -0.39 is 86.7 Å². The van der Waals surface area contributed by atoms with E-state index in [-0.39, 0.29) is 19.6 Å². The third-order valence-corrected chi connectivity index (χ3v) is 9.70. The van der Waals surface area contributed by atoms with Crippen LogP contribution in [0.1, 0.15) is 104 Å². The van der Waals surface area contributed by atoms with E-state index in [0.717, 1.165) is 77.0 Å². The smallest absolute Gasteiger partial charge is 0.306 e. The number of unbranched alkanes of at least 4 members (excludes halogenated alkanes) is 5. The summed E-state index contributed by atoms with van der Waals surface area (Å²) in [7, 11) is 0. The lowest BCUT2D eigenvalue weighted by atomic mass is 9.98. The van der Waals surface area contributed by atoms with Crippen molar-refractivity contribution < 1.29 is 69.0 Å². The highest BCUT2D eigenvalue weighted by Gasteiger charge is 2.47. The van der Waals surface area contributed by atoms with Gasteiger partial charge in [0.25, 0.3) is 0 Å². The van der Waals surface area contributed by atoms with Crippen LogP contribution < -0.4 is 0 Å². The van der Waals surface area contributed by atoms with Crippen LogP contribution in [-0.4, -0.2) is 142 Å². The summed E-state index contributed by atoms with van der Waals surface area (Å²) < 4.78 is 33.5. The first-order valence-electron chi connectivity index (χ1n) is 21.5. The number of rotatable bonds is 31. The summed E-state index contributed by atoms with van der Waals surface area (Å²) in [5.41, 5.74) is 0. The van der Waals surface area contributed by atoms with Crippen LogP contribution in [0.3, 0.4) is 0 Å². The Labute approximate surface area is 351 Å². The van der Waals surface area contributed by atoms with E-state index in [4.69, 9.17) is 28.4 Å². The Morgan fingerprint density at radius 1 is 0.576 bits per heavy atom. The maximum atomic E-state index is 12.3. The fraction of sp³-hybridized carbons (Fsp3) is 0.711. The van der Waals surface area contributed by atoms with Crippen LogP contribution in [0.15, 0.2) is 72.9 Å². The monoisotopic (exact) mass is 839 g/mol. The minimum Gasteiger partial charge on any atom is -0.457 e. The van der Waals surface area contributed by atoms with Crippen molar-refractivity contribution in [2.24, 2.45) is 0 Å². The third-order valence-electron chi connectivity index (χ3n) is 9.70. The molecule has 0 aromatic rings. The average molecular weight is 839 g/mol. The minimum absolute atomic E-state index is 0.0375. The van der Waals surface area contributed by atoms with Gasteiger partial charge >= 0.3 is 5.97 Å². The van der Waals surface area contributed by atoms with Crippen LogP contribution in [-0.2, 0) is 33.2 Å². The predicted molar refractivity (Wildman–Crippen MR) is 224 cm³/mol. The zero-order chi connectivity index (χ0) is 43.1. The van der Waals surface area contributed by atoms with E-state index in [0.29, 0.717) is 13.0 Å². The lowest BCUT2D eigenvalue weighted by molar-refractivity contribution is -0.332. The van der Waals surface area contributed by atoms with Crippen LogP contribution in [0, 0.1) is 0 Å². The summed E-state index contributed by atoms with van der Waals surface area (Å²) in [5, 5.41) is 71.3. The molecule has 14 nitrogen and oxygen atoms in total. The summed E-state index contributed by atoms with van der Waals surface area (Å²) in [6.07, 6.45) is 23.1. The highest BCUT2D eigenvalue weighted by molar-refractivity contribution is 5.69. The van der Waals surface area contributed by atoms with E-state index in [1.807, 2.05) is 6.92 Å². The second-order valence-electron chi connectivity index (χ2n) is 14.8. The van der Waals surface area contributed by atoms with Crippen LogP contribution in [0.5, 0.6) is 0 Å². The van der Waals surface area contributed by atoms with Crippen LogP contribution in [0.2, 0.25) is 0 Å². The molecule has 0 aromatic heterocycles. The molecular formula is C45H74O14. The van der Waals surface area contributed by atoms with Crippen molar-refractivity contribution in [2.75, 3.05) is 33.0 Å². The average Bonchev–Trinajstić information content (AvgIpc) is 3.23. The minimum atomic E-state index is -1.71. The van der Waals surface area contributed by atoms with Gasteiger partial charge in [0.15, 0.2) is 12.6 Å². The largest absolute Gasteiger partial charge is 0.457 e. The molecule has 0 aliphatic carbocycles.